The average molecular weight is 372 g/mol. The van der Waals surface area contributed by atoms with E-state index < -0.39 is 6.10 Å². The van der Waals surface area contributed by atoms with Crippen LogP contribution in [0.5, 0.6) is 0 Å². The van der Waals surface area contributed by atoms with E-state index >= 15 is 0 Å². The quantitative estimate of drug-likeness (QED) is 0.463. The molecule has 2 atom stereocenters. The molecule has 27 heavy (non-hydrogen) atoms. The number of hydrogen-bond donors (Lipinski definition) is 0. The molecule has 1 aromatic carbocycles. The van der Waals surface area contributed by atoms with E-state index in [0.717, 1.165) is 30.5 Å². The number of hydrogen-bond acceptors (Lipinski definition) is 5. The Kier molecular flexibility index (Phi) is 5.53. The Bertz CT molecular complexity index is 746. The molecule has 1 saturated heterocycles. The molecule has 1 amide bonds. The summed E-state index contributed by atoms with van der Waals surface area (Å²) < 4.78 is 5.03. The van der Waals surface area contributed by atoms with Crippen molar-refractivity contribution in [3.05, 3.63) is 35.4 Å². The topological polar surface area (TPSA) is 68.2 Å². The Hall–Kier alpha value is -2.37. The van der Waals surface area contributed by atoms with Crippen LogP contribution in [0.3, 0.4) is 0 Å². The van der Waals surface area contributed by atoms with Crippen molar-refractivity contribution in [3.63, 3.8) is 0 Å². The molecule has 0 aromatic heterocycles. The highest BCUT2D eigenvalue weighted by Crippen LogP contribution is 2.51. The van der Waals surface area contributed by atoms with E-state index in [9.17, 15) is 9.59 Å². The Morgan fingerprint density at radius 3 is 2.52 bits per heavy atom. The Morgan fingerprint density at radius 2 is 1.89 bits per heavy atom. The first kappa shape index (κ1) is 19.4. The lowest BCUT2D eigenvalue weighted by Crippen LogP contribution is -2.47. The van der Waals surface area contributed by atoms with Crippen molar-refractivity contribution in [2.24, 2.45) is 5.16 Å². The van der Waals surface area contributed by atoms with Crippen molar-refractivity contribution in [1.82, 2.24) is 4.90 Å². The number of esters is 1. The molecule has 6 nitrogen and oxygen atoms in total. The molecule has 0 saturated carbocycles. The van der Waals surface area contributed by atoms with Crippen LogP contribution in [0.15, 0.2) is 29.4 Å². The Labute approximate surface area is 160 Å². The number of piperidine rings is 1. The normalized spacial score (nSPS) is 21.3. The van der Waals surface area contributed by atoms with Gasteiger partial charge in [0.15, 0.2) is 0 Å². The largest absolute Gasteiger partial charge is 0.469 e. The summed E-state index contributed by atoms with van der Waals surface area (Å²) >= 11 is 0. The van der Waals surface area contributed by atoms with Gasteiger partial charge in [-0.2, -0.15) is 0 Å². The van der Waals surface area contributed by atoms with E-state index in [0.29, 0.717) is 13.1 Å². The number of likely N-dealkylation sites (tertiary alicyclic amines) is 1. The van der Waals surface area contributed by atoms with Crippen LogP contribution in [0, 0.1) is 0 Å². The van der Waals surface area contributed by atoms with Gasteiger partial charge in [-0.25, -0.2) is 0 Å². The second-order valence-electron chi connectivity index (χ2n) is 7.76. The van der Waals surface area contributed by atoms with Crippen molar-refractivity contribution in [2.75, 3.05) is 20.2 Å². The zero-order valence-electron chi connectivity index (χ0n) is 16.5. The van der Waals surface area contributed by atoms with Crippen LogP contribution in [-0.2, 0) is 24.6 Å². The molecule has 6 heteroatoms. The minimum Gasteiger partial charge on any atom is -0.469 e. The molecular formula is C21H28N2O4. The van der Waals surface area contributed by atoms with E-state index in [4.69, 9.17) is 9.57 Å². The van der Waals surface area contributed by atoms with Crippen molar-refractivity contribution < 1.29 is 19.2 Å². The maximum Gasteiger partial charge on any atom is 0.313 e. The van der Waals surface area contributed by atoms with Gasteiger partial charge in [0.1, 0.15) is 0 Å². The molecule has 0 N–H and O–H groups in total. The maximum absolute atomic E-state index is 12.6. The van der Waals surface area contributed by atoms with Crippen molar-refractivity contribution in [3.8, 4) is 0 Å². The molecule has 3 rings (SSSR count). The van der Waals surface area contributed by atoms with Gasteiger partial charge < -0.3 is 14.5 Å². The van der Waals surface area contributed by atoms with Gasteiger partial charge in [0.2, 0.25) is 6.10 Å². The molecule has 2 unspecified atom stereocenters. The van der Waals surface area contributed by atoms with E-state index in [-0.39, 0.29) is 23.2 Å². The van der Waals surface area contributed by atoms with Gasteiger partial charge in [0.25, 0.3) is 5.91 Å². The number of benzene rings is 1. The zero-order valence-corrected chi connectivity index (χ0v) is 16.5. The number of nitrogens with zero attached hydrogens (tertiary/aromatic N) is 2. The minimum atomic E-state index is -0.590. The number of fused-ring (bicyclic) bond motifs is 2. The number of ether oxygens (including phenoxy) is 1. The van der Waals surface area contributed by atoms with Gasteiger partial charge in [-0.05, 0) is 51.2 Å². The molecule has 1 aromatic rings. The summed E-state index contributed by atoms with van der Waals surface area (Å²) in [5.74, 6) is -0.420. The fourth-order valence-electron chi connectivity index (χ4n) is 4.36. The van der Waals surface area contributed by atoms with E-state index in [2.05, 4.69) is 11.2 Å². The fraction of sp³-hybridized carbons (Fsp3) is 0.571. The zero-order chi connectivity index (χ0) is 19.6. The van der Waals surface area contributed by atoms with Crippen LogP contribution in [0.4, 0.5) is 0 Å². The van der Waals surface area contributed by atoms with Gasteiger partial charge in [0, 0.05) is 18.5 Å². The summed E-state index contributed by atoms with van der Waals surface area (Å²) in [6, 6.07) is 8.16. The SMILES string of the molecule is COC(=O)C1CC2(CCN(C(=O)C(C)ON=C(C)C)CC2)c2ccccc21. The number of carbonyl (C=O) groups is 2. The van der Waals surface area contributed by atoms with Crippen molar-refractivity contribution in [2.45, 2.75) is 57.5 Å². The predicted molar refractivity (Wildman–Crippen MR) is 103 cm³/mol. The van der Waals surface area contributed by atoms with Crippen LogP contribution in [0.25, 0.3) is 0 Å². The van der Waals surface area contributed by atoms with Gasteiger partial charge in [0.05, 0.1) is 18.7 Å². The number of oxime groups is 1. The molecule has 1 heterocycles. The summed E-state index contributed by atoms with van der Waals surface area (Å²) in [4.78, 5) is 32.1. The molecule has 0 radical (unpaired) electrons. The lowest BCUT2D eigenvalue weighted by Gasteiger charge is -2.40. The van der Waals surface area contributed by atoms with Crippen LogP contribution >= 0.6 is 0 Å². The molecule has 1 spiro atoms. The fourth-order valence-corrected chi connectivity index (χ4v) is 4.36. The monoisotopic (exact) mass is 372 g/mol. The molecular weight excluding hydrogens is 344 g/mol. The third kappa shape index (κ3) is 3.70. The summed E-state index contributed by atoms with van der Waals surface area (Å²) in [7, 11) is 1.44. The molecule has 0 bridgehead atoms. The first-order chi connectivity index (χ1) is 12.9. The van der Waals surface area contributed by atoms with E-state index in [1.54, 1.807) is 6.92 Å². The van der Waals surface area contributed by atoms with Gasteiger partial charge in [-0.3, -0.25) is 9.59 Å². The van der Waals surface area contributed by atoms with Gasteiger partial charge >= 0.3 is 5.97 Å². The van der Waals surface area contributed by atoms with Gasteiger partial charge in [-0.1, -0.05) is 29.4 Å². The number of amides is 1. The summed E-state index contributed by atoms with van der Waals surface area (Å²) in [6.07, 6.45) is 1.84. The second-order valence-corrected chi connectivity index (χ2v) is 7.76. The average Bonchev–Trinajstić information content (AvgIpc) is 3.00. The third-order valence-corrected chi connectivity index (χ3v) is 5.76. The highest BCUT2D eigenvalue weighted by molar-refractivity contribution is 5.82. The first-order valence-electron chi connectivity index (χ1n) is 9.51. The molecule has 1 aliphatic carbocycles. The van der Waals surface area contributed by atoms with Crippen molar-refractivity contribution in [1.29, 1.82) is 0 Å². The van der Waals surface area contributed by atoms with Crippen LogP contribution < -0.4 is 0 Å². The number of rotatable bonds is 4. The number of carbonyl (C=O) groups excluding carboxylic acids is 2. The van der Waals surface area contributed by atoms with Crippen LogP contribution in [-0.4, -0.2) is 48.8 Å². The summed E-state index contributed by atoms with van der Waals surface area (Å²) in [6.45, 7) is 6.71. The van der Waals surface area contributed by atoms with E-state index in [1.807, 2.05) is 36.9 Å². The molecule has 1 fully saturated rings. The third-order valence-electron chi connectivity index (χ3n) is 5.76. The predicted octanol–water partition coefficient (Wildman–Crippen LogP) is 3.01. The molecule has 146 valence electrons. The Balaban J connectivity index is 1.72. The Morgan fingerprint density at radius 1 is 1.22 bits per heavy atom. The lowest BCUT2D eigenvalue weighted by molar-refractivity contribution is -0.145. The van der Waals surface area contributed by atoms with Gasteiger partial charge in [-0.15, -0.1) is 0 Å². The minimum absolute atomic E-state index is 0.0364. The summed E-state index contributed by atoms with van der Waals surface area (Å²) in [5, 5.41) is 3.90. The van der Waals surface area contributed by atoms with Crippen LogP contribution in [0.2, 0.25) is 0 Å². The van der Waals surface area contributed by atoms with Crippen LogP contribution in [0.1, 0.15) is 57.1 Å². The molecule has 2 aliphatic rings. The number of methoxy groups -OCH3 is 1. The highest BCUT2D eigenvalue weighted by atomic mass is 16.6. The van der Waals surface area contributed by atoms with E-state index in [1.165, 1.54) is 12.7 Å². The smallest absolute Gasteiger partial charge is 0.313 e. The lowest BCUT2D eigenvalue weighted by atomic mass is 9.73. The summed E-state index contributed by atoms with van der Waals surface area (Å²) in [5.41, 5.74) is 3.04. The molecule has 1 aliphatic heterocycles. The maximum atomic E-state index is 12.6. The van der Waals surface area contributed by atoms with Crippen molar-refractivity contribution >= 4 is 17.6 Å². The first-order valence-corrected chi connectivity index (χ1v) is 9.51. The second kappa shape index (κ2) is 7.71. The standard InChI is InChI=1S/C21H28N2O4/c1-14(2)22-27-15(3)19(24)23-11-9-21(10-12-23)13-17(20(25)26-4)16-7-5-6-8-18(16)21/h5-8,15,17H,9-13H2,1-4H3. The highest BCUT2D eigenvalue weighted by Gasteiger charge is 2.48.